The van der Waals surface area contributed by atoms with E-state index >= 15 is 0 Å². The van der Waals surface area contributed by atoms with Crippen molar-refractivity contribution in [3.05, 3.63) is 70.0 Å². The van der Waals surface area contributed by atoms with Gasteiger partial charge in [0.25, 0.3) is 5.91 Å². The molecule has 2 heterocycles. The quantitative estimate of drug-likeness (QED) is 0.615. The van der Waals surface area contributed by atoms with Crippen molar-refractivity contribution in [3.63, 3.8) is 0 Å². The number of hydrogen-bond acceptors (Lipinski definition) is 5. The van der Waals surface area contributed by atoms with Crippen molar-refractivity contribution in [1.82, 2.24) is 15.0 Å². The minimum atomic E-state index is -0.589. The third-order valence-corrected chi connectivity index (χ3v) is 4.81. The largest absolute Gasteiger partial charge is 0.454 e. The van der Waals surface area contributed by atoms with E-state index in [0.29, 0.717) is 30.6 Å². The highest BCUT2D eigenvalue weighted by molar-refractivity contribution is 9.10. The molecule has 1 aromatic heterocycles. The molecule has 1 aliphatic rings. The highest BCUT2D eigenvalue weighted by atomic mass is 79.9. The fourth-order valence-corrected chi connectivity index (χ4v) is 3.07. The van der Waals surface area contributed by atoms with Gasteiger partial charge in [-0.15, -0.1) is 0 Å². The van der Waals surface area contributed by atoms with Gasteiger partial charge in [-0.05, 0) is 49.4 Å². The van der Waals surface area contributed by atoms with E-state index in [0.717, 1.165) is 4.47 Å². The van der Waals surface area contributed by atoms with Crippen LogP contribution in [-0.2, 0) is 0 Å². The number of halogens is 2. The lowest BCUT2D eigenvalue weighted by atomic mass is 9.98. The molecule has 0 bridgehead atoms. The second-order valence-electron chi connectivity index (χ2n) is 6.29. The minimum absolute atomic E-state index is 0.0278. The number of hydrogen-bond donors (Lipinski definition) is 0. The smallest absolute Gasteiger partial charge is 0.254 e. The summed E-state index contributed by atoms with van der Waals surface area (Å²) in [5.41, 5.74) is 0.274. The van der Waals surface area contributed by atoms with Crippen LogP contribution in [0.2, 0.25) is 0 Å². The number of aromatic nitrogens is 2. The minimum Gasteiger partial charge on any atom is -0.454 e. The third-order valence-electron chi connectivity index (χ3n) is 4.28. The molecule has 1 aliphatic heterocycles. The Morgan fingerprint density at radius 1 is 1.26 bits per heavy atom. The molecule has 0 radical (unpaired) electrons. The molecule has 4 rings (SSSR count). The van der Waals surface area contributed by atoms with E-state index in [1.807, 2.05) is 0 Å². The predicted octanol–water partition coefficient (Wildman–Crippen LogP) is 4.31. The normalized spacial score (nSPS) is 14.1. The molecule has 0 atom stereocenters. The summed E-state index contributed by atoms with van der Waals surface area (Å²) in [6.07, 6.45) is 0. The lowest BCUT2D eigenvalue weighted by Gasteiger charge is -2.37. The number of ether oxygens (including phenoxy) is 1. The fraction of sp³-hybridized carbons (Fsp3) is 0.211. The van der Waals surface area contributed by atoms with Crippen molar-refractivity contribution < 1.29 is 18.4 Å². The number of benzene rings is 2. The molecule has 1 fully saturated rings. The van der Waals surface area contributed by atoms with Crippen LogP contribution in [0.3, 0.4) is 0 Å². The molecule has 8 heteroatoms. The van der Waals surface area contributed by atoms with Crippen LogP contribution in [0.1, 0.15) is 28.0 Å². The standard InChI is InChI=1S/C19H15BrFN3O3/c1-11-22-18(27-23-11)13-9-24(10-13)19(25)12-2-7-17(16(21)8-12)26-15-5-3-14(20)4-6-15/h2-8,13H,9-10H2,1H3. The summed E-state index contributed by atoms with van der Waals surface area (Å²) in [6.45, 7) is 2.69. The SMILES string of the molecule is Cc1noc(C2CN(C(=O)c3ccc(Oc4ccc(Br)cc4)c(F)c3)C2)n1. The topological polar surface area (TPSA) is 68.5 Å². The first-order chi connectivity index (χ1) is 13.0. The van der Waals surface area contributed by atoms with Gasteiger partial charge < -0.3 is 14.2 Å². The van der Waals surface area contributed by atoms with Crippen LogP contribution in [0.15, 0.2) is 51.5 Å². The number of rotatable bonds is 4. The second-order valence-corrected chi connectivity index (χ2v) is 7.20. The van der Waals surface area contributed by atoms with E-state index < -0.39 is 5.82 Å². The van der Waals surface area contributed by atoms with Gasteiger partial charge in [0.2, 0.25) is 5.89 Å². The zero-order valence-electron chi connectivity index (χ0n) is 14.4. The van der Waals surface area contributed by atoms with E-state index in [1.54, 1.807) is 42.2 Å². The summed E-state index contributed by atoms with van der Waals surface area (Å²) >= 11 is 3.33. The molecule has 27 heavy (non-hydrogen) atoms. The zero-order chi connectivity index (χ0) is 19.0. The molecule has 1 amide bonds. The van der Waals surface area contributed by atoms with Gasteiger partial charge in [0.15, 0.2) is 17.4 Å². The van der Waals surface area contributed by atoms with Crippen molar-refractivity contribution in [1.29, 1.82) is 0 Å². The molecule has 2 aromatic carbocycles. The molecule has 3 aromatic rings. The Labute approximate surface area is 163 Å². The first kappa shape index (κ1) is 17.7. The monoisotopic (exact) mass is 431 g/mol. The Hall–Kier alpha value is -2.74. The van der Waals surface area contributed by atoms with Crippen molar-refractivity contribution in [2.75, 3.05) is 13.1 Å². The summed E-state index contributed by atoms with van der Waals surface area (Å²) in [6, 6.07) is 11.3. The van der Waals surface area contributed by atoms with Crippen LogP contribution in [0.5, 0.6) is 11.5 Å². The van der Waals surface area contributed by atoms with Gasteiger partial charge in [0.1, 0.15) is 5.75 Å². The number of carbonyl (C=O) groups is 1. The second kappa shape index (κ2) is 7.11. The van der Waals surface area contributed by atoms with E-state index in [1.165, 1.54) is 12.1 Å². The van der Waals surface area contributed by atoms with Crippen LogP contribution in [0.4, 0.5) is 4.39 Å². The summed E-state index contributed by atoms with van der Waals surface area (Å²) in [4.78, 5) is 18.3. The lowest BCUT2D eigenvalue weighted by molar-refractivity contribution is 0.0568. The molecule has 1 saturated heterocycles. The molecule has 0 unspecified atom stereocenters. The molecule has 0 N–H and O–H groups in total. The number of aryl methyl sites for hydroxylation is 1. The molecular weight excluding hydrogens is 417 g/mol. The van der Waals surface area contributed by atoms with Crippen LogP contribution in [0, 0.1) is 12.7 Å². The van der Waals surface area contributed by atoms with Gasteiger partial charge in [0.05, 0.1) is 5.92 Å². The summed E-state index contributed by atoms with van der Waals surface area (Å²) in [5, 5.41) is 3.75. The Morgan fingerprint density at radius 3 is 2.63 bits per heavy atom. The van der Waals surface area contributed by atoms with E-state index in [9.17, 15) is 9.18 Å². The number of nitrogens with zero attached hydrogens (tertiary/aromatic N) is 3. The molecular formula is C19H15BrFN3O3. The van der Waals surface area contributed by atoms with E-state index in [2.05, 4.69) is 26.1 Å². The maximum Gasteiger partial charge on any atom is 0.254 e. The number of amides is 1. The Morgan fingerprint density at radius 2 is 2.00 bits per heavy atom. The third kappa shape index (κ3) is 3.71. The maximum atomic E-state index is 14.4. The van der Waals surface area contributed by atoms with Crippen molar-refractivity contribution in [3.8, 4) is 11.5 Å². The van der Waals surface area contributed by atoms with E-state index in [4.69, 9.17) is 9.26 Å². The van der Waals surface area contributed by atoms with Crippen molar-refractivity contribution in [2.24, 2.45) is 0 Å². The van der Waals surface area contributed by atoms with Crippen LogP contribution in [-0.4, -0.2) is 34.0 Å². The summed E-state index contributed by atoms with van der Waals surface area (Å²) in [5.74, 6) is 0.873. The predicted molar refractivity (Wildman–Crippen MR) is 98.3 cm³/mol. The van der Waals surface area contributed by atoms with Gasteiger partial charge in [-0.1, -0.05) is 21.1 Å². The molecule has 138 valence electrons. The van der Waals surface area contributed by atoms with Gasteiger partial charge in [-0.2, -0.15) is 4.98 Å². The van der Waals surface area contributed by atoms with Gasteiger partial charge in [-0.25, -0.2) is 4.39 Å². The zero-order valence-corrected chi connectivity index (χ0v) is 15.9. The highest BCUT2D eigenvalue weighted by Gasteiger charge is 2.36. The van der Waals surface area contributed by atoms with Crippen LogP contribution >= 0.6 is 15.9 Å². The average molecular weight is 432 g/mol. The van der Waals surface area contributed by atoms with Crippen LogP contribution < -0.4 is 4.74 Å². The van der Waals surface area contributed by atoms with Gasteiger partial charge in [-0.3, -0.25) is 4.79 Å². The fourth-order valence-electron chi connectivity index (χ4n) is 2.81. The Bertz CT molecular complexity index is 984. The average Bonchev–Trinajstić information content (AvgIpc) is 3.03. The highest BCUT2D eigenvalue weighted by Crippen LogP contribution is 2.30. The molecule has 0 saturated carbocycles. The molecule has 0 aliphatic carbocycles. The maximum absolute atomic E-state index is 14.4. The van der Waals surface area contributed by atoms with Gasteiger partial charge >= 0.3 is 0 Å². The summed E-state index contributed by atoms with van der Waals surface area (Å²) < 4.78 is 25.9. The Balaban J connectivity index is 1.41. The summed E-state index contributed by atoms with van der Waals surface area (Å²) in [7, 11) is 0. The van der Waals surface area contributed by atoms with Crippen molar-refractivity contribution in [2.45, 2.75) is 12.8 Å². The molecule has 6 nitrogen and oxygen atoms in total. The Kier molecular flexibility index (Phi) is 4.65. The van der Waals surface area contributed by atoms with E-state index in [-0.39, 0.29) is 23.1 Å². The number of carbonyl (C=O) groups excluding carboxylic acids is 1. The molecule has 0 spiro atoms. The lowest BCUT2D eigenvalue weighted by Crippen LogP contribution is -2.48. The first-order valence-corrected chi connectivity index (χ1v) is 9.11. The number of likely N-dealkylation sites (tertiary alicyclic amines) is 1. The van der Waals surface area contributed by atoms with Crippen LogP contribution in [0.25, 0.3) is 0 Å². The van der Waals surface area contributed by atoms with Gasteiger partial charge in [0, 0.05) is 23.1 Å². The van der Waals surface area contributed by atoms with Crippen molar-refractivity contribution >= 4 is 21.8 Å². The first-order valence-electron chi connectivity index (χ1n) is 8.32.